The zero-order chi connectivity index (χ0) is 17.1. The first kappa shape index (κ1) is 19.4. The van der Waals surface area contributed by atoms with Crippen LogP contribution < -0.4 is 11.3 Å². The molecule has 3 rings (SSSR count). The minimum absolute atomic E-state index is 0. The lowest BCUT2D eigenvalue weighted by Crippen LogP contribution is -2.49. The average molecular weight is 365 g/mol. The maximum atomic E-state index is 12.6. The molecule has 7 heteroatoms. The Balaban J connectivity index is 0.00000225. The van der Waals surface area contributed by atoms with Crippen molar-refractivity contribution >= 4 is 29.2 Å². The Morgan fingerprint density at radius 3 is 2.88 bits per heavy atom. The molecule has 25 heavy (non-hydrogen) atoms. The summed E-state index contributed by atoms with van der Waals surface area (Å²) in [6.07, 6.45) is 3.79. The van der Waals surface area contributed by atoms with Gasteiger partial charge in [0.05, 0.1) is 17.2 Å². The molecular formula is C18H25ClN4O2. The van der Waals surface area contributed by atoms with Crippen LogP contribution in [0.15, 0.2) is 35.4 Å². The number of rotatable bonds is 4. The highest BCUT2D eigenvalue weighted by Crippen LogP contribution is 2.22. The van der Waals surface area contributed by atoms with Crippen LogP contribution in [0.3, 0.4) is 0 Å². The first-order valence-electron chi connectivity index (χ1n) is 8.54. The molecule has 2 N–H and O–H groups in total. The van der Waals surface area contributed by atoms with Gasteiger partial charge in [0, 0.05) is 32.1 Å². The molecule has 0 saturated carbocycles. The van der Waals surface area contributed by atoms with Crippen LogP contribution in [0.5, 0.6) is 0 Å². The predicted molar refractivity (Wildman–Crippen MR) is 101 cm³/mol. The number of carbonyl (C=O) groups excluding carboxylic acids is 1. The van der Waals surface area contributed by atoms with Gasteiger partial charge in [-0.1, -0.05) is 19.1 Å². The van der Waals surface area contributed by atoms with Crippen LogP contribution >= 0.6 is 12.4 Å². The standard InChI is InChI=1S/C18H24N4O2.ClH/c1-13-6-9-22(14(10-13)11-19)17(23)7-8-21-12-20-16-5-3-2-4-15(16)18(21)24;/h2-5,12-14H,6-11,19H2,1H3;1H. The van der Waals surface area contributed by atoms with Crippen LogP contribution in [0.4, 0.5) is 0 Å². The largest absolute Gasteiger partial charge is 0.338 e. The monoisotopic (exact) mass is 364 g/mol. The van der Waals surface area contributed by atoms with Crippen molar-refractivity contribution in [1.82, 2.24) is 14.5 Å². The second-order valence-corrected chi connectivity index (χ2v) is 6.62. The van der Waals surface area contributed by atoms with E-state index in [0.717, 1.165) is 19.4 Å². The third-order valence-electron chi connectivity index (χ3n) is 4.87. The Bertz CT molecular complexity index is 792. The lowest BCUT2D eigenvalue weighted by Gasteiger charge is -2.38. The van der Waals surface area contributed by atoms with Crippen molar-refractivity contribution in [3.63, 3.8) is 0 Å². The van der Waals surface area contributed by atoms with Gasteiger partial charge in [-0.25, -0.2) is 4.98 Å². The number of nitrogens with two attached hydrogens (primary N) is 1. The number of aryl methyl sites for hydroxylation is 1. The van der Waals surface area contributed by atoms with Gasteiger partial charge in [-0.3, -0.25) is 14.2 Å². The van der Waals surface area contributed by atoms with E-state index in [4.69, 9.17) is 5.73 Å². The average Bonchev–Trinajstić information content (AvgIpc) is 2.61. The Morgan fingerprint density at radius 1 is 1.36 bits per heavy atom. The number of carbonyl (C=O) groups is 1. The fourth-order valence-corrected chi connectivity index (χ4v) is 3.43. The van der Waals surface area contributed by atoms with Gasteiger partial charge in [0.2, 0.25) is 5.91 Å². The number of hydrogen-bond acceptors (Lipinski definition) is 4. The SMILES string of the molecule is CC1CCN(C(=O)CCn2cnc3ccccc3c2=O)C(CN)C1.Cl. The van der Waals surface area contributed by atoms with E-state index in [1.165, 1.54) is 10.9 Å². The summed E-state index contributed by atoms with van der Waals surface area (Å²) < 4.78 is 1.52. The molecule has 6 nitrogen and oxygen atoms in total. The van der Waals surface area contributed by atoms with Crippen molar-refractivity contribution in [3.8, 4) is 0 Å². The van der Waals surface area contributed by atoms with E-state index in [0.29, 0.717) is 36.3 Å². The highest BCUT2D eigenvalue weighted by atomic mass is 35.5. The van der Waals surface area contributed by atoms with E-state index in [1.807, 2.05) is 23.1 Å². The molecular weight excluding hydrogens is 340 g/mol. The number of halogens is 1. The van der Waals surface area contributed by atoms with Crippen molar-refractivity contribution in [2.45, 2.75) is 38.8 Å². The highest BCUT2D eigenvalue weighted by Gasteiger charge is 2.28. The molecule has 1 amide bonds. The summed E-state index contributed by atoms with van der Waals surface area (Å²) in [7, 11) is 0. The maximum Gasteiger partial charge on any atom is 0.261 e. The van der Waals surface area contributed by atoms with E-state index >= 15 is 0 Å². The summed E-state index contributed by atoms with van der Waals surface area (Å²) in [6.45, 7) is 3.80. The zero-order valence-electron chi connectivity index (χ0n) is 14.4. The van der Waals surface area contributed by atoms with Gasteiger partial charge in [0.15, 0.2) is 0 Å². The molecule has 0 bridgehead atoms. The van der Waals surface area contributed by atoms with Crippen molar-refractivity contribution in [3.05, 3.63) is 40.9 Å². The molecule has 2 unspecified atom stereocenters. The third-order valence-corrected chi connectivity index (χ3v) is 4.87. The molecule has 1 aliphatic rings. The number of piperidine rings is 1. The lowest BCUT2D eigenvalue weighted by molar-refractivity contribution is -0.135. The number of hydrogen-bond donors (Lipinski definition) is 1. The molecule has 1 saturated heterocycles. The maximum absolute atomic E-state index is 12.6. The first-order chi connectivity index (χ1) is 11.6. The summed E-state index contributed by atoms with van der Waals surface area (Å²) in [5.74, 6) is 0.673. The van der Waals surface area contributed by atoms with Crippen molar-refractivity contribution in [2.24, 2.45) is 11.7 Å². The summed E-state index contributed by atoms with van der Waals surface area (Å²) in [5.41, 5.74) is 6.41. The molecule has 1 aromatic carbocycles. The Hall–Kier alpha value is -1.92. The van der Waals surface area contributed by atoms with E-state index in [1.54, 1.807) is 6.07 Å². The van der Waals surface area contributed by atoms with Crippen LogP contribution in [-0.2, 0) is 11.3 Å². The normalized spacial score (nSPS) is 20.3. The zero-order valence-corrected chi connectivity index (χ0v) is 15.2. The number of amides is 1. The minimum atomic E-state index is -0.101. The van der Waals surface area contributed by atoms with Crippen LogP contribution in [0.25, 0.3) is 10.9 Å². The summed E-state index contributed by atoms with van der Waals surface area (Å²) in [4.78, 5) is 31.2. The highest BCUT2D eigenvalue weighted by molar-refractivity contribution is 5.85. The van der Waals surface area contributed by atoms with Crippen molar-refractivity contribution in [2.75, 3.05) is 13.1 Å². The fraction of sp³-hybridized carbons (Fsp3) is 0.500. The molecule has 2 heterocycles. The molecule has 2 atom stereocenters. The summed E-state index contributed by atoms with van der Waals surface area (Å²) >= 11 is 0. The topological polar surface area (TPSA) is 81.2 Å². The van der Waals surface area contributed by atoms with Gasteiger partial charge in [-0.2, -0.15) is 0 Å². The molecule has 2 aromatic rings. The number of benzene rings is 1. The second kappa shape index (κ2) is 8.45. The molecule has 136 valence electrons. The number of fused-ring (bicyclic) bond motifs is 1. The molecule has 0 spiro atoms. The summed E-state index contributed by atoms with van der Waals surface area (Å²) in [6, 6.07) is 7.37. The van der Waals surface area contributed by atoms with Gasteiger partial charge < -0.3 is 10.6 Å². The van der Waals surface area contributed by atoms with Gasteiger partial charge in [-0.05, 0) is 30.9 Å². The number of likely N-dealkylation sites (tertiary alicyclic amines) is 1. The molecule has 0 radical (unpaired) electrons. The van der Waals surface area contributed by atoms with Crippen molar-refractivity contribution in [1.29, 1.82) is 0 Å². The minimum Gasteiger partial charge on any atom is -0.338 e. The Morgan fingerprint density at radius 2 is 2.12 bits per heavy atom. The van der Waals surface area contributed by atoms with Gasteiger partial charge in [0.25, 0.3) is 5.56 Å². The van der Waals surface area contributed by atoms with E-state index in [-0.39, 0.29) is 29.9 Å². The second-order valence-electron chi connectivity index (χ2n) is 6.62. The van der Waals surface area contributed by atoms with Gasteiger partial charge in [-0.15, -0.1) is 12.4 Å². The van der Waals surface area contributed by atoms with E-state index in [2.05, 4.69) is 11.9 Å². The van der Waals surface area contributed by atoms with Crippen LogP contribution in [-0.4, -0.2) is 39.5 Å². The predicted octanol–water partition coefficient (Wildman–Crippen LogP) is 1.79. The number of nitrogens with zero attached hydrogens (tertiary/aromatic N) is 3. The van der Waals surface area contributed by atoms with E-state index < -0.39 is 0 Å². The smallest absolute Gasteiger partial charge is 0.261 e. The van der Waals surface area contributed by atoms with Gasteiger partial charge >= 0.3 is 0 Å². The molecule has 1 fully saturated rings. The molecule has 1 aliphatic heterocycles. The van der Waals surface area contributed by atoms with Crippen LogP contribution in [0.2, 0.25) is 0 Å². The lowest BCUT2D eigenvalue weighted by atomic mass is 9.92. The van der Waals surface area contributed by atoms with Crippen LogP contribution in [0.1, 0.15) is 26.2 Å². The van der Waals surface area contributed by atoms with E-state index in [9.17, 15) is 9.59 Å². The Kier molecular flexibility index (Phi) is 6.56. The number of para-hydroxylation sites is 1. The third kappa shape index (κ3) is 4.19. The molecule has 1 aromatic heterocycles. The van der Waals surface area contributed by atoms with Gasteiger partial charge in [0.1, 0.15) is 0 Å². The fourth-order valence-electron chi connectivity index (χ4n) is 3.43. The van der Waals surface area contributed by atoms with Crippen LogP contribution in [0, 0.1) is 5.92 Å². The summed E-state index contributed by atoms with van der Waals surface area (Å²) in [5, 5.41) is 0.582. The van der Waals surface area contributed by atoms with Crippen molar-refractivity contribution < 1.29 is 4.79 Å². The quantitative estimate of drug-likeness (QED) is 0.896. The number of aromatic nitrogens is 2. The molecule has 0 aliphatic carbocycles. The first-order valence-corrected chi connectivity index (χ1v) is 8.54. The Labute approximate surface area is 153 Å².